The molecule has 120 valence electrons. The maximum absolute atomic E-state index is 11.7. The van der Waals surface area contributed by atoms with Crippen LogP contribution in [0.2, 0.25) is 0 Å². The Labute approximate surface area is 136 Å². The van der Waals surface area contributed by atoms with Gasteiger partial charge in [0.05, 0.1) is 11.7 Å². The van der Waals surface area contributed by atoms with Crippen LogP contribution >= 0.6 is 0 Å². The number of pyridine rings is 1. The van der Waals surface area contributed by atoms with Crippen LogP contribution in [0.25, 0.3) is 0 Å². The summed E-state index contributed by atoms with van der Waals surface area (Å²) >= 11 is 0. The van der Waals surface area contributed by atoms with Crippen molar-refractivity contribution >= 4 is 5.91 Å². The molecule has 5 nitrogen and oxygen atoms in total. The maximum atomic E-state index is 11.7. The molecule has 1 aliphatic heterocycles. The predicted octanol–water partition coefficient (Wildman–Crippen LogP) is 2.03. The van der Waals surface area contributed by atoms with Crippen LogP contribution in [0, 0.1) is 0 Å². The highest BCUT2D eigenvalue weighted by Crippen LogP contribution is 2.15. The molecule has 1 amide bonds. The number of benzene rings is 1. The summed E-state index contributed by atoms with van der Waals surface area (Å²) < 4.78 is 5.78. The van der Waals surface area contributed by atoms with Gasteiger partial charge >= 0.3 is 0 Å². The fraction of sp³-hybridized carbons (Fsp3) is 0.333. The van der Waals surface area contributed by atoms with Crippen molar-refractivity contribution in [3.05, 3.63) is 59.9 Å². The fourth-order valence-corrected chi connectivity index (χ4v) is 2.59. The number of carbonyl (C=O) groups excluding carboxylic acids is 1. The van der Waals surface area contributed by atoms with Crippen LogP contribution in [-0.4, -0.2) is 23.5 Å². The zero-order valence-electron chi connectivity index (χ0n) is 13.0. The third-order valence-electron chi connectivity index (χ3n) is 3.85. The summed E-state index contributed by atoms with van der Waals surface area (Å²) in [6.45, 7) is 1.88. The van der Waals surface area contributed by atoms with E-state index in [2.05, 4.69) is 15.6 Å². The van der Waals surface area contributed by atoms with E-state index < -0.39 is 0 Å². The van der Waals surface area contributed by atoms with E-state index in [0.29, 0.717) is 13.2 Å². The minimum absolute atomic E-state index is 0.0955. The first-order valence-corrected chi connectivity index (χ1v) is 7.94. The van der Waals surface area contributed by atoms with Crippen molar-refractivity contribution in [1.29, 1.82) is 0 Å². The van der Waals surface area contributed by atoms with E-state index in [4.69, 9.17) is 4.74 Å². The van der Waals surface area contributed by atoms with Gasteiger partial charge in [0, 0.05) is 19.3 Å². The number of carbonyl (C=O) groups is 1. The largest absolute Gasteiger partial charge is 0.487 e. The Morgan fingerprint density at radius 1 is 1.26 bits per heavy atom. The van der Waals surface area contributed by atoms with E-state index in [9.17, 15) is 4.79 Å². The lowest BCUT2D eigenvalue weighted by molar-refractivity contribution is -0.124. The number of aromatic nitrogens is 1. The number of hydrogen-bond donors (Lipinski definition) is 2. The molecular weight excluding hydrogens is 290 g/mol. The zero-order chi connectivity index (χ0) is 15.9. The molecule has 1 aromatic carbocycles. The van der Waals surface area contributed by atoms with Gasteiger partial charge in [0.1, 0.15) is 12.4 Å². The van der Waals surface area contributed by atoms with Gasteiger partial charge in [-0.15, -0.1) is 0 Å². The summed E-state index contributed by atoms with van der Waals surface area (Å²) in [6.07, 6.45) is 3.67. The van der Waals surface area contributed by atoms with Crippen molar-refractivity contribution in [2.24, 2.45) is 0 Å². The molecule has 3 rings (SSSR count). The Morgan fingerprint density at radius 3 is 3.04 bits per heavy atom. The Balaban J connectivity index is 1.53. The lowest BCUT2D eigenvalue weighted by atomic mass is 10.1. The quantitative estimate of drug-likeness (QED) is 0.857. The second-order valence-corrected chi connectivity index (χ2v) is 5.62. The van der Waals surface area contributed by atoms with Crippen LogP contribution in [0.4, 0.5) is 0 Å². The van der Waals surface area contributed by atoms with Gasteiger partial charge in [0.15, 0.2) is 0 Å². The average Bonchev–Trinajstić information content (AvgIpc) is 2.61. The SMILES string of the molecule is O=C1NCCCC1NCc1cccc(OCc2ccccn2)c1. The van der Waals surface area contributed by atoms with Crippen LogP contribution in [0.3, 0.4) is 0 Å². The second-order valence-electron chi connectivity index (χ2n) is 5.62. The van der Waals surface area contributed by atoms with Gasteiger partial charge in [-0.2, -0.15) is 0 Å². The molecule has 0 spiro atoms. The van der Waals surface area contributed by atoms with E-state index in [1.807, 2.05) is 42.5 Å². The summed E-state index contributed by atoms with van der Waals surface area (Å²) in [5.41, 5.74) is 2.00. The lowest BCUT2D eigenvalue weighted by Gasteiger charge is -2.22. The maximum Gasteiger partial charge on any atom is 0.237 e. The van der Waals surface area contributed by atoms with Crippen LogP contribution < -0.4 is 15.4 Å². The third kappa shape index (κ3) is 4.53. The monoisotopic (exact) mass is 311 g/mol. The fourth-order valence-electron chi connectivity index (χ4n) is 2.59. The molecule has 23 heavy (non-hydrogen) atoms. The Kier molecular flexibility index (Phi) is 5.21. The molecule has 5 heteroatoms. The van der Waals surface area contributed by atoms with Crippen LogP contribution in [0.5, 0.6) is 5.75 Å². The zero-order valence-corrected chi connectivity index (χ0v) is 13.0. The van der Waals surface area contributed by atoms with Crippen LogP contribution in [0.15, 0.2) is 48.7 Å². The van der Waals surface area contributed by atoms with Crippen molar-refractivity contribution in [2.75, 3.05) is 6.54 Å². The van der Waals surface area contributed by atoms with Crippen molar-refractivity contribution in [3.8, 4) is 5.75 Å². The summed E-state index contributed by atoms with van der Waals surface area (Å²) in [6, 6.07) is 13.6. The topological polar surface area (TPSA) is 63.2 Å². The van der Waals surface area contributed by atoms with E-state index in [-0.39, 0.29) is 11.9 Å². The van der Waals surface area contributed by atoms with E-state index >= 15 is 0 Å². The number of nitrogens with zero attached hydrogens (tertiary/aromatic N) is 1. The third-order valence-corrected chi connectivity index (χ3v) is 3.85. The molecule has 1 aromatic heterocycles. The van der Waals surface area contributed by atoms with Crippen molar-refractivity contribution in [2.45, 2.75) is 32.0 Å². The first-order chi connectivity index (χ1) is 11.3. The molecule has 2 N–H and O–H groups in total. The highest BCUT2D eigenvalue weighted by Gasteiger charge is 2.20. The van der Waals surface area contributed by atoms with Crippen molar-refractivity contribution in [3.63, 3.8) is 0 Å². The van der Waals surface area contributed by atoms with Gasteiger partial charge < -0.3 is 15.4 Å². The number of hydrogen-bond acceptors (Lipinski definition) is 4. The predicted molar refractivity (Wildman–Crippen MR) is 87.9 cm³/mol. The molecule has 0 aliphatic carbocycles. The molecule has 1 atom stereocenters. The molecule has 0 radical (unpaired) electrons. The summed E-state index contributed by atoms with van der Waals surface area (Å²) in [5, 5.41) is 6.19. The highest BCUT2D eigenvalue weighted by atomic mass is 16.5. The van der Waals surface area contributed by atoms with Crippen LogP contribution in [-0.2, 0) is 17.9 Å². The normalized spacial score (nSPS) is 17.6. The van der Waals surface area contributed by atoms with Crippen molar-refractivity contribution in [1.82, 2.24) is 15.6 Å². The van der Waals surface area contributed by atoms with Crippen molar-refractivity contribution < 1.29 is 9.53 Å². The molecule has 1 aliphatic rings. The van der Waals surface area contributed by atoms with Gasteiger partial charge in [0.2, 0.25) is 5.91 Å². The minimum Gasteiger partial charge on any atom is -0.487 e. The number of ether oxygens (including phenoxy) is 1. The Hall–Kier alpha value is -2.40. The molecule has 0 bridgehead atoms. The minimum atomic E-state index is -0.0955. The van der Waals surface area contributed by atoms with Gasteiger partial charge in [-0.1, -0.05) is 18.2 Å². The van der Waals surface area contributed by atoms with Gasteiger partial charge in [-0.3, -0.25) is 9.78 Å². The molecule has 2 heterocycles. The van der Waals surface area contributed by atoms with Gasteiger partial charge in [-0.25, -0.2) is 0 Å². The van der Waals surface area contributed by atoms with Crippen LogP contribution in [0.1, 0.15) is 24.1 Å². The standard InChI is InChI=1S/C18H21N3O2/c22-18-17(8-4-10-20-18)21-12-14-5-3-7-16(11-14)23-13-15-6-1-2-9-19-15/h1-3,5-7,9,11,17,21H,4,8,10,12-13H2,(H,20,22). The van der Waals surface area contributed by atoms with E-state index in [0.717, 1.165) is 36.4 Å². The molecule has 1 saturated heterocycles. The second kappa shape index (κ2) is 7.74. The van der Waals surface area contributed by atoms with Gasteiger partial charge in [-0.05, 0) is 42.7 Å². The number of rotatable bonds is 6. The molecular formula is C18H21N3O2. The highest BCUT2D eigenvalue weighted by molar-refractivity contribution is 5.82. The first-order valence-electron chi connectivity index (χ1n) is 7.94. The number of amides is 1. The summed E-state index contributed by atoms with van der Waals surface area (Å²) in [4.78, 5) is 16.0. The summed E-state index contributed by atoms with van der Waals surface area (Å²) in [7, 11) is 0. The summed E-state index contributed by atoms with van der Waals surface area (Å²) in [5.74, 6) is 0.904. The lowest BCUT2D eigenvalue weighted by Crippen LogP contribution is -2.47. The number of piperidine rings is 1. The molecule has 1 unspecified atom stereocenters. The Bertz CT molecular complexity index is 646. The van der Waals surface area contributed by atoms with E-state index in [1.54, 1.807) is 6.20 Å². The Morgan fingerprint density at radius 2 is 2.22 bits per heavy atom. The van der Waals surface area contributed by atoms with Gasteiger partial charge in [0.25, 0.3) is 0 Å². The molecule has 0 saturated carbocycles. The molecule has 2 aromatic rings. The smallest absolute Gasteiger partial charge is 0.237 e. The molecule has 1 fully saturated rings. The van der Waals surface area contributed by atoms with E-state index in [1.165, 1.54) is 0 Å². The first kappa shape index (κ1) is 15.5. The number of nitrogens with one attached hydrogen (secondary N) is 2. The average molecular weight is 311 g/mol.